The zero-order chi connectivity index (χ0) is 21.5. The molecule has 6 rings (SSSR count). The fraction of sp³-hybridized carbons (Fsp3) is 0.360. The molecule has 2 fully saturated rings. The normalized spacial score (nSPS) is 22.9. The number of benzene rings is 1. The van der Waals surface area contributed by atoms with Crippen molar-refractivity contribution in [1.29, 1.82) is 0 Å². The zero-order valence-electron chi connectivity index (χ0n) is 17.8. The monoisotopic (exact) mass is 446 g/mol. The van der Waals surface area contributed by atoms with Gasteiger partial charge in [-0.3, -0.25) is 4.98 Å². The molecule has 164 valence electrons. The predicted octanol–water partition coefficient (Wildman–Crippen LogP) is 5.29. The lowest BCUT2D eigenvalue weighted by atomic mass is 9.94. The maximum Gasteiger partial charge on any atom is 0.231 e. The highest BCUT2D eigenvalue weighted by molar-refractivity contribution is 7.80. The van der Waals surface area contributed by atoms with Crippen LogP contribution in [0.3, 0.4) is 0 Å². The van der Waals surface area contributed by atoms with E-state index >= 15 is 0 Å². The molecule has 3 aliphatic rings. The minimum atomic E-state index is -0.0497. The quantitative estimate of drug-likeness (QED) is 0.550. The van der Waals surface area contributed by atoms with Gasteiger partial charge in [0.05, 0.1) is 11.7 Å². The first-order chi connectivity index (χ1) is 15.8. The molecule has 0 unspecified atom stereocenters. The van der Waals surface area contributed by atoms with E-state index in [-0.39, 0.29) is 18.9 Å². The van der Waals surface area contributed by atoms with E-state index in [9.17, 15) is 0 Å². The summed E-state index contributed by atoms with van der Waals surface area (Å²) >= 11 is 5.88. The number of aromatic nitrogens is 2. The van der Waals surface area contributed by atoms with Gasteiger partial charge in [0.1, 0.15) is 6.04 Å². The number of rotatable bonds is 4. The highest BCUT2D eigenvalue weighted by atomic mass is 32.1. The summed E-state index contributed by atoms with van der Waals surface area (Å²) in [5.74, 6) is 1.53. The van der Waals surface area contributed by atoms with E-state index in [0.29, 0.717) is 11.2 Å². The van der Waals surface area contributed by atoms with Gasteiger partial charge in [-0.25, -0.2) is 0 Å². The van der Waals surface area contributed by atoms with Gasteiger partial charge < -0.3 is 24.3 Å². The maximum absolute atomic E-state index is 5.88. The molecule has 1 N–H and O–H groups in total. The molecule has 2 aliphatic heterocycles. The molecule has 6 nitrogen and oxygen atoms in total. The van der Waals surface area contributed by atoms with Crippen molar-refractivity contribution in [2.24, 2.45) is 0 Å². The molecule has 32 heavy (non-hydrogen) atoms. The second-order valence-corrected chi connectivity index (χ2v) is 9.05. The average Bonchev–Trinajstić information content (AvgIpc) is 3.57. The molecule has 0 bridgehead atoms. The Morgan fingerprint density at radius 1 is 0.969 bits per heavy atom. The lowest BCUT2D eigenvalue weighted by Crippen LogP contribution is -2.31. The zero-order valence-corrected chi connectivity index (χ0v) is 18.6. The van der Waals surface area contributed by atoms with E-state index in [1.54, 1.807) is 0 Å². The van der Waals surface area contributed by atoms with Gasteiger partial charge in [-0.1, -0.05) is 25.3 Å². The maximum atomic E-state index is 5.88. The van der Waals surface area contributed by atoms with Crippen LogP contribution in [0.1, 0.15) is 61.6 Å². The summed E-state index contributed by atoms with van der Waals surface area (Å²) in [6, 6.07) is 17.0. The fourth-order valence-corrected chi connectivity index (χ4v) is 5.66. The predicted molar refractivity (Wildman–Crippen MR) is 127 cm³/mol. The fourth-order valence-electron chi connectivity index (χ4n) is 5.32. The summed E-state index contributed by atoms with van der Waals surface area (Å²) in [4.78, 5) is 6.89. The smallest absolute Gasteiger partial charge is 0.231 e. The van der Waals surface area contributed by atoms with Crippen molar-refractivity contribution >= 4 is 23.0 Å². The number of hydrogen-bond donors (Lipinski definition) is 1. The van der Waals surface area contributed by atoms with Crippen molar-refractivity contribution in [2.45, 2.75) is 50.2 Å². The Morgan fingerprint density at radius 2 is 1.84 bits per heavy atom. The second kappa shape index (κ2) is 8.13. The van der Waals surface area contributed by atoms with Gasteiger partial charge in [0.2, 0.25) is 6.79 Å². The Labute approximate surface area is 193 Å². The molecule has 7 heteroatoms. The van der Waals surface area contributed by atoms with Crippen molar-refractivity contribution in [3.05, 3.63) is 72.3 Å². The van der Waals surface area contributed by atoms with Crippen LogP contribution in [0, 0.1) is 0 Å². The average molecular weight is 447 g/mol. The van der Waals surface area contributed by atoms with Gasteiger partial charge in [-0.15, -0.1) is 0 Å². The standard InChI is InChI=1S/C25H26N4O2S/c32-25-27-23(19-9-4-5-13-26-19)24(20-10-6-14-28(20)17-7-2-1-3-8-17)29(25)18-11-12-21-22(15-18)31-16-30-21/h4-6,9-15,17,23-24H,1-3,7-8,16H2,(H,27,32)/t23-,24-/m1/s1. The Bertz CT molecular complexity index is 1130. The van der Waals surface area contributed by atoms with E-state index < -0.39 is 0 Å². The van der Waals surface area contributed by atoms with Crippen molar-refractivity contribution < 1.29 is 9.47 Å². The lowest BCUT2D eigenvalue weighted by Gasteiger charge is -2.32. The molecule has 4 heterocycles. The summed E-state index contributed by atoms with van der Waals surface area (Å²) in [6.45, 7) is 0.256. The first kappa shape index (κ1) is 19.6. The largest absolute Gasteiger partial charge is 0.454 e. The van der Waals surface area contributed by atoms with Crippen LogP contribution in [-0.2, 0) is 0 Å². The topological polar surface area (TPSA) is 51.6 Å². The molecule has 1 aliphatic carbocycles. The number of hydrogen-bond acceptors (Lipinski definition) is 4. The van der Waals surface area contributed by atoms with E-state index in [1.165, 1.54) is 37.8 Å². The van der Waals surface area contributed by atoms with Crippen molar-refractivity contribution in [3.8, 4) is 11.5 Å². The molecule has 0 radical (unpaired) electrons. The van der Waals surface area contributed by atoms with Crippen molar-refractivity contribution in [2.75, 3.05) is 11.7 Å². The number of pyridine rings is 1. The number of ether oxygens (including phenoxy) is 2. The van der Waals surface area contributed by atoms with Crippen LogP contribution in [0.5, 0.6) is 11.5 Å². The Morgan fingerprint density at radius 3 is 2.69 bits per heavy atom. The molecule has 2 atom stereocenters. The molecule has 0 spiro atoms. The second-order valence-electron chi connectivity index (χ2n) is 8.67. The molecule has 1 saturated heterocycles. The van der Waals surface area contributed by atoms with Crippen LogP contribution in [0.25, 0.3) is 0 Å². The molecule has 0 amide bonds. The van der Waals surface area contributed by atoms with E-state index in [1.807, 2.05) is 30.5 Å². The number of anilines is 1. The number of nitrogens with one attached hydrogen (secondary N) is 1. The molecule has 2 aromatic heterocycles. The van der Waals surface area contributed by atoms with Crippen LogP contribution >= 0.6 is 12.2 Å². The number of thiocarbonyl (C=S) groups is 1. The van der Waals surface area contributed by atoms with Gasteiger partial charge in [-0.2, -0.15) is 0 Å². The molecule has 1 saturated carbocycles. The Balaban J connectivity index is 1.46. The first-order valence-corrected chi connectivity index (χ1v) is 11.8. The summed E-state index contributed by atoms with van der Waals surface area (Å²) in [5.41, 5.74) is 3.24. The van der Waals surface area contributed by atoms with E-state index in [4.69, 9.17) is 21.7 Å². The van der Waals surface area contributed by atoms with Gasteiger partial charge in [0, 0.05) is 35.9 Å². The third-order valence-corrected chi connectivity index (χ3v) is 7.13. The minimum Gasteiger partial charge on any atom is -0.454 e. The third-order valence-electron chi connectivity index (χ3n) is 6.82. The van der Waals surface area contributed by atoms with Crippen molar-refractivity contribution in [3.63, 3.8) is 0 Å². The van der Waals surface area contributed by atoms with Crippen LogP contribution in [0.15, 0.2) is 60.9 Å². The van der Waals surface area contributed by atoms with Crippen LogP contribution in [-0.4, -0.2) is 21.5 Å². The SMILES string of the molecule is S=C1N[C@H](c2ccccn2)[C@@H](c2cccn2C2CCCCC2)N1c1ccc2c(c1)OCO2. The summed E-state index contributed by atoms with van der Waals surface area (Å²) in [5, 5.41) is 4.26. The highest BCUT2D eigenvalue weighted by Crippen LogP contribution is 2.45. The van der Waals surface area contributed by atoms with E-state index in [2.05, 4.69) is 50.2 Å². The molecule has 1 aromatic carbocycles. The number of fused-ring (bicyclic) bond motifs is 1. The first-order valence-electron chi connectivity index (χ1n) is 11.4. The summed E-state index contributed by atoms with van der Waals surface area (Å²) in [7, 11) is 0. The van der Waals surface area contributed by atoms with Gasteiger partial charge in [-0.05, 0) is 61.5 Å². The van der Waals surface area contributed by atoms with Crippen LogP contribution < -0.4 is 19.7 Å². The Hall–Kier alpha value is -3.06. The van der Waals surface area contributed by atoms with Crippen molar-refractivity contribution in [1.82, 2.24) is 14.9 Å². The van der Waals surface area contributed by atoms with Gasteiger partial charge in [0.15, 0.2) is 16.6 Å². The van der Waals surface area contributed by atoms with Gasteiger partial charge >= 0.3 is 0 Å². The van der Waals surface area contributed by atoms with Crippen LogP contribution in [0.4, 0.5) is 5.69 Å². The number of nitrogens with zero attached hydrogens (tertiary/aromatic N) is 3. The summed E-state index contributed by atoms with van der Waals surface area (Å²) < 4.78 is 13.7. The lowest BCUT2D eigenvalue weighted by molar-refractivity contribution is 0.174. The van der Waals surface area contributed by atoms with E-state index in [0.717, 1.165) is 22.9 Å². The van der Waals surface area contributed by atoms with Gasteiger partial charge in [0.25, 0.3) is 0 Å². The molecular weight excluding hydrogens is 420 g/mol. The summed E-state index contributed by atoms with van der Waals surface area (Å²) in [6.07, 6.45) is 10.5. The third kappa shape index (κ3) is 3.32. The minimum absolute atomic E-state index is 0.0188. The molecular formula is C25H26N4O2S. The van der Waals surface area contributed by atoms with Crippen LogP contribution in [0.2, 0.25) is 0 Å². The highest BCUT2D eigenvalue weighted by Gasteiger charge is 2.43. The Kier molecular flexibility index (Phi) is 4.98. The molecule has 3 aromatic rings.